The van der Waals surface area contributed by atoms with Gasteiger partial charge in [0.05, 0.1) is 0 Å². The van der Waals surface area contributed by atoms with Crippen LogP contribution in [0.4, 0.5) is 0 Å². The van der Waals surface area contributed by atoms with Gasteiger partial charge in [-0.05, 0) is 51.6 Å². The van der Waals surface area contributed by atoms with E-state index in [0.717, 1.165) is 45.1 Å². The van der Waals surface area contributed by atoms with Gasteiger partial charge in [-0.2, -0.15) is 0 Å². The maximum absolute atomic E-state index is 5.35. The first kappa shape index (κ1) is 19.2. The van der Waals surface area contributed by atoms with Crippen molar-refractivity contribution >= 4 is 5.96 Å². The number of rotatable bonds is 10. The first-order valence-corrected chi connectivity index (χ1v) is 8.95. The minimum absolute atomic E-state index is 0.596. The van der Waals surface area contributed by atoms with Crippen LogP contribution in [0, 0.1) is 5.92 Å². The fraction of sp³-hybridized carbons (Fsp3) is 0.941. The molecule has 0 amide bonds. The van der Waals surface area contributed by atoms with Crippen LogP contribution in [0.15, 0.2) is 4.99 Å². The fourth-order valence-electron chi connectivity index (χ4n) is 2.96. The molecule has 0 saturated carbocycles. The van der Waals surface area contributed by atoms with Crippen LogP contribution < -0.4 is 10.6 Å². The molecule has 1 heterocycles. The normalized spacial score (nSPS) is 18.0. The Balaban J connectivity index is 2.23. The molecule has 0 aromatic rings. The fourth-order valence-corrected chi connectivity index (χ4v) is 2.96. The minimum Gasteiger partial charge on any atom is -0.382 e. The molecular weight excluding hydrogens is 276 g/mol. The second kappa shape index (κ2) is 11.7. The van der Waals surface area contributed by atoms with Crippen LogP contribution in [0.5, 0.6) is 0 Å². The smallest absolute Gasteiger partial charge is 0.191 e. The van der Waals surface area contributed by atoms with Crippen LogP contribution in [0.1, 0.15) is 46.5 Å². The van der Waals surface area contributed by atoms with Crippen LogP contribution in [0.2, 0.25) is 0 Å². The number of hydrogen-bond acceptors (Lipinski definition) is 3. The van der Waals surface area contributed by atoms with E-state index in [2.05, 4.69) is 34.4 Å². The molecule has 0 aliphatic carbocycles. The van der Waals surface area contributed by atoms with E-state index >= 15 is 0 Å². The van der Waals surface area contributed by atoms with Crippen molar-refractivity contribution in [3.8, 4) is 0 Å². The summed E-state index contributed by atoms with van der Waals surface area (Å²) in [6.45, 7) is 12.7. The van der Waals surface area contributed by atoms with Gasteiger partial charge >= 0.3 is 0 Å². The summed E-state index contributed by atoms with van der Waals surface area (Å²) in [5.74, 6) is 1.58. The van der Waals surface area contributed by atoms with Crippen molar-refractivity contribution in [3.63, 3.8) is 0 Å². The highest BCUT2D eigenvalue weighted by atomic mass is 16.5. The number of ether oxygens (including phenoxy) is 1. The molecule has 2 N–H and O–H groups in total. The lowest BCUT2D eigenvalue weighted by atomic mass is 10.0. The molecule has 5 heteroatoms. The maximum Gasteiger partial charge on any atom is 0.191 e. The number of unbranched alkanes of at least 4 members (excludes halogenated alkanes) is 1. The summed E-state index contributed by atoms with van der Waals surface area (Å²) < 4.78 is 5.35. The standard InChI is InChI=1S/C17H36N4O/c1-5-22-13-9-6-10-19-17(18-4)20-14-16(15(2)3)21-11-7-8-12-21/h15-16H,5-14H2,1-4H3,(H2,18,19,20). The van der Waals surface area contributed by atoms with E-state index in [4.69, 9.17) is 4.74 Å². The summed E-state index contributed by atoms with van der Waals surface area (Å²) in [5.41, 5.74) is 0. The van der Waals surface area contributed by atoms with Gasteiger partial charge in [0.1, 0.15) is 0 Å². The zero-order valence-corrected chi connectivity index (χ0v) is 15.0. The summed E-state index contributed by atoms with van der Waals surface area (Å²) in [6, 6.07) is 0.596. The number of nitrogens with zero attached hydrogens (tertiary/aromatic N) is 2. The summed E-state index contributed by atoms with van der Waals surface area (Å²) in [6.07, 6.45) is 4.90. The van der Waals surface area contributed by atoms with E-state index in [0.29, 0.717) is 12.0 Å². The lowest BCUT2D eigenvalue weighted by molar-refractivity contribution is 0.143. The van der Waals surface area contributed by atoms with Gasteiger partial charge in [0.25, 0.3) is 0 Å². The molecule has 1 fully saturated rings. The molecule has 1 rings (SSSR count). The molecule has 1 unspecified atom stereocenters. The van der Waals surface area contributed by atoms with Crippen LogP contribution in [0.3, 0.4) is 0 Å². The number of nitrogens with one attached hydrogen (secondary N) is 2. The molecule has 1 aliphatic rings. The molecule has 22 heavy (non-hydrogen) atoms. The van der Waals surface area contributed by atoms with E-state index < -0.39 is 0 Å². The minimum atomic E-state index is 0.596. The molecule has 0 radical (unpaired) electrons. The molecule has 130 valence electrons. The Morgan fingerprint density at radius 3 is 2.50 bits per heavy atom. The molecule has 5 nitrogen and oxygen atoms in total. The van der Waals surface area contributed by atoms with Gasteiger partial charge in [0.15, 0.2) is 5.96 Å². The predicted octanol–water partition coefficient (Wildman–Crippen LogP) is 2.09. The van der Waals surface area contributed by atoms with Crippen LogP contribution in [-0.2, 0) is 4.74 Å². The van der Waals surface area contributed by atoms with Crippen LogP contribution in [0.25, 0.3) is 0 Å². The summed E-state index contributed by atoms with van der Waals surface area (Å²) in [7, 11) is 1.84. The topological polar surface area (TPSA) is 48.9 Å². The molecule has 1 aliphatic heterocycles. The third kappa shape index (κ3) is 7.45. The van der Waals surface area contributed by atoms with Gasteiger partial charge in [0.2, 0.25) is 0 Å². The number of likely N-dealkylation sites (tertiary alicyclic amines) is 1. The molecule has 0 aromatic heterocycles. The highest BCUT2D eigenvalue weighted by Gasteiger charge is 2.24. The summed E-state index contributed by atoms with van der Waals surface area (Å²) >= 11 is 0. The summed E-state index contributed by atoms with van der Waals surface area (Å²) in [5, 5.41) is 6.89. The molecule has 0 spiro atoms. The van der Waals surface area contributed by atoms with Gasteiger partial charge < -0.3 is 15.4 Å². The number of hydrogen-bond donors (Lipinski definition) is 2. The largest absolute Gasteiger partial charge is 0.382 e. The third-order valence-electron chi connectivity index (χ3n) is 4.29. The Kier molecular flexibility index (Phi) is 10.2. The Labute approximate surface area is 136 Å². The van der Waals surface area contributed by atoms with Crippen molar-refractivity contribution in [2.45, 2.75) is 52.5 Å². The highest BCUT2D eigenvalue weighted by molar-refractivity contribution is 5.79. The second-order valence-corrected chi connectivity index (χ2v) is 6.34. The van der Waals surface area contributed by atoms with E-state index in [1.54, 1.807) is 0 Å². The zero-order valence-electron chi connectivity index (χ0n) is 15.0. The van der Waals surface area contributed by atoms with Gasteiger partial charge in [-0.1, -0.05) is 13.8 Å². The van der Waals surface area contributed by atoms with Crippen molar-refractivity contribution in [1.82, 2.24) is 15.5 Å². The molecule has 1 atom stereocenters. The van der Waals surface area contributed by atoms with Gasteiger partial charge in [-0.3, -0.25) is 9.89 Å². The molecule has 0 bridgehead atoms. The second-order valence-electron chi connectivity index (χ2n) is 6.34. The average molecular weight is 313 g/mol. The van der Waals surface area contributed by atoms with Crippen LogP contribution >= 0.6 is 0 Å². The van der Waals surface area contributed by atoms with Crippen molar-refractivity contribution in [3.05, 3.63) is 0 Å². The Bertz CT molecular complexity index is 301. The average Bonchev–Trinajstić information content (AvgIpc) is 3.02. The van der Waals surface area contributed by atoms with E-state index in [9.17, 15) is 0 Å². The van der Waals surface area contributed by atoms with Crippen molar-refractivity contribution in [2.24, 2.45) is 10.9 Å². The van der Waals surface area contributed by atoms with Crippen molar-refractivity contribution < 1.29 is 4.74 Å². The highest BCUT2D eigenvalue weighted by Crippen LogP contribution is 2.16. The van der Waals surface area contributed by atoms with Crippen LogP contribution in [-0.4, -0.2) is 63.3 Å². The quantitative estimate of drug-likeness (QED) is 0.368. The van der Waals surface area contributed by atoms with E-state index in [1.807, 2.05) is 14.0 Å². The maximum atomic E-state index is 5.35. The third-order valence-corrected chi connectivity index (χ3v) is 4.29. The lowest BCUT2D eigenvalue weighted by Gasteiger charge is -2.31. The molecule has 0 aromatic carbocycles. The van der Waals surface area contributed by atoms with Crippen molar-refractivity contribution in [2.75, 3.05) is 46.4 Å². The Hall–Kier alpha value is -0.810. The number of aliphatic imine (C=N–C) groups is 1. The predicted molar refractivity (Wildman–Crippen MR) is 94.5 cm³/mol. The van der Waals surface area contributed by atoms with Gasteiger partial charge in [0, 0.05) is 39.4 Å². The summed E-state index contributed by atoms with van der Waals surface area (Å²) in [4.78, 5) is 6.94. The van der Waals surface area contributed by atoms with Gasteiger partial charge in [-0.25, -0.2) is 0 Å². The Morgan fingerprint density at radius 2 is 1.91 bits per heavy atom. The van der Waals surface area contributed by atoms with E-state index in [1.165, 1.54) is 25.9 Å². The first-order chi connectivity index (χ1) is 10.7. The monoisotopic (exact) mass is 312 g/mol. The number of guanidine groups is 1. The molecule has 1 saturated heterocycles. The SMILES string of the molecule is CCOCCCCNC(=NC)NCC(C(C)C)N1CCCC1. The van der Waals surface area contributed by atoms with Gasteiger partial charge in [-0.15, -0.1) is 0 Å². The zero-order chi connectivity index (χ0) is 16.2. The lowest BCUT2D eigenvalue weighted by Crippen LogP contribution is -2.48. The molecular formula is C17H36N4O. The Morgan fingerprint density at radius 1 is 1.18 bits per heavy atom. The van der Waals surface area contributed by atoms with Crippen molar-refractivity contribution in [1.29, 1.82) is 0 Å². The first-order valence-electron chi connectivity index (χ1n) is 8.95. The van der Waals surface area contributed by atoms with E-state index in [-0.39, 0.29) is 0 Å².